The van der Waals surface area contributed by atoms with Crippen LogP contribution in [0, 0.1) is 0 Å². The van der Waals surface area contributed by atoms with E-state index in [9.17, 15) is 4.79 Å². The van der Waals surface area contributed by atoms with E-state index in [0.717, 1.165) is 0 Å². The van der Waals surface area contributed by atoms with Gasteiger partial charge in [0.1, 0.15) is 0 Å². The predicted octanol–water partition coefficient (Wildman–Crippen LogP) is 1.63. The number of amides is 1. The summed E-state index contributed by atoms with van der Waals surface area (Å²) in [4.78, 5) is 21.1. The molecule has 0 saturated carbocycles. The van der Waals surface area contributed by atoms with Crippen molar-refractivity contribution in [2.45, 2.75) is 11.2 Å². The van der Waals surface area contributed by atoms with Gasteiger partial charge in [-0.3, -0.25) is 9.69 Å². The third kappa shape index (κ3) is 1.74. The van der Waals surface area contributed by atoms with Crippen molar-refractivity contribution < 1.29 is 4.79 Å². The second-order valence-electron chi connectivity index (χ2n) is 2.98. The molecule has 14 heavy (non-hydrogen) atoms. The average Bonchev–Trinajstić information content (AvgIpc) is 2.46. The van der Waals surface area contributed by atoms with E-state index in [-0.39, 0.29) is 15.9 Å². The monoisotopic (exact) mass is 275 g/mol. The molecular weight excluding hydrogens is 269 g/mol. The lowest BCUT2D eigenvalue weighted by molar-refractivity contribution is -0.117. The number of carbonyl (C=O) groups is 1. The van der Waals surface area contributed by atoms with Crippen LogP contribution in [-0.2, 0) is 4.79 Å². The highest BCUT2D eigenvalue weighted by Crippen LogP contribution is 2.27. The third-order valence-electron chi connectivity index (χ3n) is 1.97. The second kappa shape index (κ2) is 3.82. The SMILES string of the molecule is O=C1CC(Br)CN1c1nccnc1Cl. The van der Waals surface area contributed by atoms with Crippen molar-refractivity contribution in [2.24, 2.45) is 0 Å². The molecule has 1 aliphatic heterocycles. The molecule has 2 heterocycles. The fourth-order valence-corrected chi connectivity index (χ4v) is 2.14. The van der Waals surface area contributed by atoms with Crippen LogP contribution in [0.15, 0.2) is 12.4 Å². The van der Waals surface area contributed by atoms with E-state index < -0.39 is 0 Å². The molecule has 1 aromatic heterocycles. The van der Waals surface area contributed by atoms with Gasteiger partial charge in [-0.05, 0) is 0 Å². The quantitative estimate of drug-likeness (QED) is 0.733. The van der Waals surface area contributed by atoms with Crippen molar-refractivity contribution >= 4 is 39.3 Å². The Bertz CT molecular complexity index is 373. The van der Waals surface area contributed by atoms with Gasteiger partial charge < -0.3 is 0 Å². The summed E-state index contributed by atoms with van der Waals surface area (Å²) < 4.78 is 0. The topological polar surface area (TPSA) is 46.1 Å². The Morgan fingerprint density at radius 3 is 2.79 bits per heavy atom. The molecular formula is C8H7BrClN3O. The maximum absolute atomic E-state index is 11.5. The fraction of sp³-hybridized carbons (Fsp3) is 0.375. The van der Waals surface area contributed by atoms with Crippen molar-refractivity contribution in [1.82, 2.24) is 9.97 Å². The van der Waals surface area contributed by atoms with Crippen molar-refractivity contribution in [3.05, 3.63) is 17.5 Å². The highest BCUT2D eigenvalue weighted by molar-refractivity contribution is 9.09. The molecule has 0 spiro atoms. The minimum atomic E-state index is 0.0225. The zero-order valence-electron chi connectivity index (χ0n) is 7.15. The van der Waals surface area contributed by atoms with Gasteiger partial charge in [-0.25, -0.2) is 9.97 Å². The lowest BCUT2D eigenvalue weighted by atomic mass is 10.4. The van der Waals surface area contributed by atoms with Crippen LogP contribution in [0.5, 0.6) is 0 Å². The molecule has 1 atom stereocenters. The van der Waals surface area contributed by atoms with Crippen molar-refractivity contribution in [2.75, 3.05) is 11.4 Å². The number of halogens is 2. The number of hydrogen-bond donors (Lipinski definition) is 0. The van der Waals surface area contributed by atoms with Gasteiger partial charge in [-0.2, -0.15) is 0 Å². The van der Waals surface area contributed by atoms with Gasteiger partial charge in [0.25, 0.3) is 0 Å². The second-order valence-corrected chi connectivity index (χ2v) is 4.63. The van der Waals surface area contributed by atoms with Gasteiger partial charge in [-0.15, -0.1) is 0 Å². The molecule has 1 fully saturated rings. The average molecular weight is 277 g/mol. The molecule has 1 amide bonds. The number of anilines is 1. The van der Waals surface area contributed by atoms with Gasteiger partial charge >= 0.3 is 0 Å². The van der Waals surface area contributed by atoms with Crippen molar-refractivity contribution in [3.8, 4) is 0 Å². The summed E-state index contributed by atoms with van der Waals surface area (Å²) >= 11 is 9.22. The summed E-state index contributed by atoms with van der Waals surface area (Å²) in [7, 11) is 0. The molecule has 1 unspecified atom stereocenters. The lowest BCUT2D eigenvalue weighted by Gasteiger charge is -2.14. The summed E-state index contributed by atoms with van der Waals surface area (Å²) in [6.45, 7) is 0.594. The lowest BCUT2D eigenvalue weighted by Crippen LogP contribution is -2.26. The van der Waals surface area contributed by atoms with Crippen molar-refractivity contribution in [1.29, 1.82) is 0 Å². The molecule has 0 radical (unpaired) electrons. The first-order valence-corrected chi connectivity index (χ1v) is 5.39. The van der Waals surface area contributed by atoms with Gasteiger partial charge in [-0.1, -0.05) is 27.5 Å². The predicted molar refractivity (Wildman–Crippen MR) is 56.7 cm³/mol. The first-order valence-electron chi connectivity index (χ1n) is 4.09. The van der Waals surface area contributed by atoms with Crippen LogP contribution in [0.25, 0.3) is 0 Å². The van der Waals surface area contributed by atoms with Crippen LogP contribution < -0.4 is 4.90 Å². The van der Waals surface area contributed by atoms with E-state index in [1.54, 1.807) is 4.90 Å². The Hall–Kier alpha value is -0.680. The Morgan fingerprint density at radius 1 is 1.50 bits per heavy atom. The number of aromatic nitrogens is 2. The largest absolute Gasteiger partial charge is 0.293 e. The molecule has 74 valence electrons. The summed E-state index contributed by atoms with van der Waals surface area (Å²) in [6.07, 6.45) is 3.50. The highest BCUT2D eigenvalue weighted by atomic mass is 79.9. The smallest absolute Gasteiger partial charge is 0.229 e. The first kappa shape index (κ1) is 9.86. The number of carbonyl (C=O) groups excluding carboxylic acids is 1. The van der Waals surface area contributed by atoms with E-state index in [2.05, 4.69) is 25.9 Å². The van der Waals surface area contributed by atoms with Crippen LogP contribution in [0.2, 0.25) is 5.15 Å². The molecule has 6 heteroatoms. The zero-order valence-corrected chi connectivity index (χ0v) is 9.49. The normalized spacial score (nSPS) is 21.7. The molecule has 0 aromatic carbocycles. The molecule has 1 saturated heterocycles. The molecule has 0 bridgehead atoms. The summed E-state index contributed by atoms with van der Waals surface area (Å²) in [5.74, 6) is 0.468. The molecule has 2 rings (SSSR count). The number of hydrogen-bond acceptors (Lipinski definition) is 3. The molecule has 1 aromatic rings. The first-order chi connectivity index (χ1) is 6.68. The maximum Gasteiger partial charge on any atom is 0.229 e. The third-order valence-corrected chi connectivity index (χ3v) is 2.85. The molecule has 0 N–H and O–H groups in total. The Labute approximate surface area is 94.4 Å². The van der Waals surface area contributed by atoms with Crippen molar-refractivity contribution in [3.63, 3.8) is 0 Å². The van der Waals surface area contributed by atoms with E-state index in [0.29, 0.717) is 18.8 Å². The zero-order chi connectivity index (χ0) is 10.1. The van der Waals surface area contributed by atoms with Crippen LogP contribution in [0.4, 0.5) is 5.82 Å². The molecule has 1 aliphatic rings. The van der Waals surface area contributed by atoms with E-state index in [4.69, 9.17) is 11.6 Å². The Morgan fingerprint density at radius 2 is 2.21 bits per heavy atom. The summed E-state index contributed by atoms with van der Waals surface area (Å²) in [5, 5.41) is 0.266. The van der Waals surface area contributed by atoms with Crippen LogP contribution in [0.1, 0.15) is 6.42 Å². The van der Waals surface area contributed by atoms with E-state index >= 15 is 0 Å². The van der Waals surface area contributed by atoms with Gasteiger partial charge in [0.2, 0.25) is 5.91 Å². The minimum absolute atomic E-state index is 0.0225. The number of alkyl halides is 1. The Balaban J connectivity index is 2.32. The summed E-state index contributed by atoms with van der Waals surface area (Å²) in [5.41, 5.74) is 0. The highest BCUT2D eigenvalue weighted by Gasteiger charge is 2.31. The van der Waals surface area contributed by atoms with Gasteiger partial charge in [0, 0.05) is 30.2 Å². The van der Waals surface area contributed by atoms with Crippen LogP contribution in [0.3, 0.4) is 0 Å². The van der Waals surface area contributed by atoms with Gasteiger partial charge in [0.05, 0.1) is 0 Å². The molecule has 4 nitrogen and oxygen atoms in total. The number of nitrogens with zero attached hydrogens (tertiary/aromatic N) is 3. The maximum atomic E-state index is 11.5. The van der Waals surface area contributed by atoms with Gasteiger partial charge in [0.15, 0.2) is 11.0 Å². The standard InChI is InChI=1S/C8H7BrClN3O/c9-5-3-6(14)13(4-5)8-7(10)11-1-2-12-8/h1-2,5H,3-4H2. The molecule has 0 aliphatic carbocycles. The number of rotatable bonds is 1. The Kier molecular flexibility index (Phi) is 2.69. The summed E-state index contributed by atoms with van der Waals surface area (Å²) in [6, 6.07) is 0. The minimum Gasteiger partial charge on any atom is -0.293 e. The van der Waals surface area contributed by atoms with Crippen LogP contribution >= 0.6 is 27.5 Å². The van der Waals surface area contributed by atoms with E-state index in [1.165, 1.54) is 12.4 Å². The van der Waals surface area contributed by atoms with E-state index in [1.807, 2.05) is 0 Å². The fourth-order valence-electron chi connectivity index (χ4n) is 1.36. The van der Waals surface area contributed by atoms with Crippen LogP contribution in [-0.4, -0.2) is 27.2 Å².